The first-order valence-corrected chi connectivity index (χ1v) is 56.7. The summed E-state index contributed by atoms with van der Waals surface area (Å²) in [7, 11) is 3.11. The number of aromatic nitrogens is 5. The second-order valence-corrected chi connectivity index (χ2v) is 48.9. The van der Waals surface area contributed by atoms with Crippen molar-refractivity contribution in [3.63, 3.8) is 0 Å². The minimum absolute atomic E-state index is 0.000156. The first kappa shape index (κ1) is 108. The minimum atomic E-state index is -0.389. The van der Waals surface area contributed by atoms with Crippen LogP contribution in [0.4, 0.5) is 0 Å². The van der Waals surface area contributed by atoms with Crippen LogP contribution >= 0.6 is 57.2 Å². The van der Waals surface area contributed by atoms with Crippen molar-refractivity contribution in [3.8, 4) is 23.0 Å². The average molecular weight is 2040 g/mol. The van der Waals surface area contributed by atoms with Crippen LogP contribution in [0.3, 0.4) is 0 Å². The molecule has 4 N–H and O–H groups in total. The number of rotatable bonds is 34. The van der Waals surface area contributed by atoms with E-state index in [-0.39, 0.29) is 133 Å². The highest BCUT2D eigenvalue weighted by Gasteiger charge is 2.61. The van der Waals surface area contributed by atoms with Gasteiger partial charge in [-0.3, -0.25) is 38.7 Å². The fourth-order valence-corrected chi connectivity index (χ4v) is 30.9. The number of nitrogens with zero attached hydrogens (tertiary/aromatic N) is 5. The number of esters is 4. The van der Waals surface area contributed by atoms with Gasteiger partial charge in [-0.05, 0) is 301 Å². The number of nitrogens with one attached hydrogen (secondary N) is 2. The van der Waals surface area contributed by atoms with Crippen LogP contribution in [-0.4, -0.2) is 136 Å². The normalized spacial score (nSPS) is 28.4. The number of hydrogen-bond donors (Lipinski definition) is 4. The molecule has 20 atom stereocenters. The largest absolute Gasteiger partial charge is 0.508 e. The molecular weight excluding hydrogens is 1890 g/mol. The third kappa shape index (κ3) is 27.0. The third-order valence-electron chi connectivity index (χ3n) is 34.9. The lowest BCUT2D eigenvalue weighted by atomic mass is 9.47. The molecule has 5 aromatic heterocycles. The Morgan fingerprint density at radius 2 is 0.894 bits per heavy atom. The SMILES string of the molecule is CC(C)CCC[C@@H](C)[C@H]1CCC2C3CC=C4C[C@@H](OCCOC(=O)CCC(=O)OC5CCCC[C@@H]5Cc5nc6ccc(O)cc6s5)CC[C@]4(C)C3CC[C@@]21C.CNC(=O)c1cc(Cl)ccn1.CNC(=O)c1cc(Oc2ccc3nc(C[C@H]4CCCCC4OC(=O)CCC(=O)OCCO[C@H]4CC[C@@]5(C)C(=CCC6C5CC[C@@]5(C)C6CC[C@@H]5[C@H](C)CCCC(C)C)C4)sc3c2)ccn1.Oc1ccc2nc(Cl)sc2c1. The van der Waals surface area contributed by atoms with Crippen molar-refractivity contribution >= 4 is 124 Å². The zero-order valence-corrected chi connectivity index (χ0v) is 89.9. The van der Waals surface area contributed by atoms with E-state index in [1.165, 1.54) is 139 Å². The van der Waals surface area contributed by atoms with Crippen molar-refractivity contribution in [2.24, 2.45) is 105 Å². The summed E-state index contributed by atoms with van der Waals surface area (Å²) in [5, 5.41) is 26.4. The Hall–Kier alpha value is -8.17. The van der Waals surface area contributed by atoms with Crippen LogP contribution in [0.25, 0.3) is 30.6 Å². The minimum Gasteiger partial charge on any atom is -0.508 e. The smallest absolute Gasteiger partial charge is 0.306 e. The topological polar surface area (TPSA) is 296 Å². The number of carbonyl (C=O) groups is 6. The maximum atomic E-state index is 13.0. The Morgan fingerprint density at radius 1 is 0.458 bits per heavy atom. The standard InChI is InChI=1S/C54H75N3O7S.C47H69NO6S.C7H7ClN2O.C7H4ClNOS/c1-34(2)10-9-11-35(3)42-17-18-43-41-16-14-37-31-38(22-25-53(37,4)44(41)23-26-54(42,43)5)61-28-29-62-50(58)20-21-51(59)64-47-13-8-7-12-36(47)30-49-57-45-19-15-39(33-48(45)65-49)63-40-24-27-56-46(32-40)52(60)55-6;1-30(2)9-8-10-31(3)37-16-17-38-36-15-13-33-28-35(21-23-46(33,4)39(36)22-24-47(37,38)5)52-25-26-53-44(50)19-20-45(51)54-41-12-7-6-11-32(41)27-43-48-40-18-14-34(49)29-42(40)55-43;1-9-7(11)6-4-5(8)2-3-10-6;8-7-9-5-2-1-4(10)3-6(5)11-7/h14-15,19,24,27,32-36,38,41-44,47H,7-13,16-18,20-23,25-26,28-31H2,1-6H3,(H,55,60);13-14,18,29-32,35-39,41,49H,6-12,15-17,19-28H2,1-5H3;2-4H,1H3,(H,9,11);1-3,10H/t35-,36-,38+,41?,42-,43?,44?,47?,53+,54-;31-,32-,35+,36?,37-,38?,39?,41?,46+,47-;;/m11../s1. The van der Waals surface area contributed by atoms with Gasteiger partial charge >= 0.3 is 23.9 Å². The van der Waals surface area contributed by atoms with Gasteiger partial charge in [0, 0.05) is 68.3 Å². The van der Waals surface area contributed by atoms with Gasteiger partial charge in [0.1, 0.15) is 59.8 Å². The Bertz CT molecular complexity index is 5680. The van der Waals surface area contributed by atoms with Crippen molar-refractivity contribution in [3.05, 3.63) is 145 Å². The summed E-state index contributed by atoms with van der Waals surface area (Å²) < 4.78 is 45.1. The van der Waals surface area contributed by atoms with E-state index in [4.69, 9.17) is 71.4 Å². The van der Waals surface area contributed by atoms with E-state index in [9.17, 15) is 33.9 Å². The molecule has 0 aliphatic heterocycles. The molecule has 2 amide bonds. The van der Waals surface area contributed by atoms with E-state index in [0.717, 1.165) is 195 Å². The number of allylic oxidation sites excluding steroid dienone is 2. The highest BCUT2D eigenvalue weighted by Crippen LogP contribution is 2.70. The fraction of sp³-hybridized carbons (Fsp3) is 0.643. The highest BCUT2D eigenvalue weighted by molar-refractivity contribution is 7.22. The lowest BCUT2D eigenvalue weighted by Gasteiger charge is -2.58. The first-order valence-electron chi connectivity index (χ1n) is 53.5. The van der Waals surface area contributed by atoms with Gasteiger partial charge in [0.25, 0.3) is 11.8 Å². The van der Waals surface area contributed by atoms with Crippen molar-refractivity contribution < 1.29 is 72.1 Å². The Kier molecular flexibility index (Phi) is 37.7. The summed E-state index contributed by atoms with van der Waals surface area (Å²) in [4.78, 5) is 95.7. The van der Waals surface area contributed by atoms with Gasteiger partial charge in [-0.1, -0.05) is 167 Å². The molecule has 27 heteroatoms. The maximum Gasteiger partial charge on any atom is 0.306 e. The molecule has 8 aromatic rings. The zero-order chi connectivity index (χ0) is 101. The molecule has 0 radical (unpaired) electrons. The van der Waals surface area contributed by atoms with Gasteiger partial charge in [0.05, 0.1) is 91.8 Å². The predicted octanol–water partition coefficient (Wildman–Crippen LogP) is 27.4. The lowest BCUT2D eigenvalue weighted by Crippen LogP contribution is -2.51. The quantitative estimate of drug-likeness (QED) is 0.0126. The average Bonchev–Trinajstić information content (AvgIpc) is 1.48. The number of pyridine rings is 2. The number of benzene rings is 3. The van der Waals surface area contributed by atoms with Gasteiger partial charge in [0.15, 0.2) is 4.47 Å². The Labute approximate surface area is 863 Å². The number of thiazole rings is 3. The van der Waals surface area contributed by atoms with Gasteiger partial charge in [0.2, 0.25) is 0 Å². The molecule has 142 heavy (non-hydrogen) atoms. The van der Waals surface area contributed by atoms with Gasteiger partial charge in [-0.2, -0.15) is 0 Å². The molecule has 8 saturated carbocycles. The van der Waals surface area contributed by atoms with E-state index >= 15 is 0 Å². The van der Waals surface area contributed by atoms with Crippen LogP contribution < -0.4 is 15.4 Å². The molecule has 8 unspecified atom stereocenters. The summed E-state index contributed by atoms with van der Waals surface area (Å²) >= 11 is 15.8. The van der Waals surface area contributed by atoms with Crippen LogP contribution in [0.5, 0.6) is 23.0 Å². The number of carbonyl (C=O) groups excluding carboxylic acids is 6. The summed E-state index contributed by atoms with van der Waals surface area (Å²) in [5.41, 5.74) is 8.06. The molecule has 10 aliphatic rings. The van der Waals surface area contributed by atoms with Crippen molar-refractivity contribution in [1.82, 2.24) is 35.6 Å². The van der Waals surface area contributed by atoms with E-state index < -0.39 is 0 Å². The maximum absolute atomic E-state index is 13.0. The molecule has 18 rings (SSSR count). The fourth-order valence-electron chi connectivity index (χ4n) is 27.5. The van der Waals surface area contributed by atoms with Crippen molar-refractivity contribution in [2.75, 3.05) is 40.5 Å². The molecular formula is C115H155Cl2N7O15S3. The van der Waals surface area contributed by atoms with E-state index in [1.54, 1.807) is 103 Å². The highest BCUT2D eigenvalue weighted by atomic mass is 35.5. The van der Waals surface area contributed by atoms with Crippen molar-refractivity contribution in [1.29, 1.82) is 0 Å². The number of amides is 2. The molecule has 10 aliphatic carbocycles. The van der Waals surface area contributed by atoms with Crippen LogP contribution in [0, 0.1) is 105 Å². The summed E-state index contributed by atoms with van der Waals surface area (Å²) in [6.45, 7) is 26.3. The van der Waals surface area contributed by atoms with Crippen LogP contribution in [0.15, 0.2) is 115 Å². The number of fused-ring (bicyclic) bond motifs is 13. The van der Waals surface area contributed by atoms with Gasteiger partial charge in [-0.25, -0.2) is 15.0 Å². The molecule has 8 fully saturated rings. The van der Waals surface area contributed by atoms with Crippen LogP contribution in [0.2, 0.25) is 9.49 Å². The molecule has 772 valence electrons. The zero-order valence-electron chi connectivity index (χ0n) is 85.9. The van der Waals surface area contributed by atoms with Crippen molar-refractivity contribution in [2.45, 2.75) is 325 Å². The molecule has 0 saturated heterocycles. The van der Waals surface area contributed by atoms with E-state index in [0.29, 0.717) is 62.6 Å². The second-order valence-electron chi connectivity index (χ2n) is 44.7. The van der Waals surface area contributed by atoms with Crippen LogP contribution in [0.1, 0.15) is 319 Å². The summed E-state index contributed by atoms with van der Waals surface area (Å²) in [6.07, 6.45) is 46.1. The molecule has 5 heterocycles. The summed E-state index contributed by atoms with van der Waals surface area (Å²) in [5.74, 6) is 10.1. The predicted molar refractivity (Wildman–Crippen MR) is 565 cm³/mol. The van der Waals surface area contributed by atoms with Crippen LogP contribution in [-0.2, 0) is 60.4 Å². The van der Waals surface area contributed by atoms with Gasteiger partial charge < -0.3 is 54.0 Å². The monoisotopic (exact) mass is 2040 g/mol. The number of phenolic OH excluding ortho intramolecular Hbond substituents is 2. The molecule has 0 bridgehead atoms. The van der Waals surface area contributed by atoms with E-state index in [1.807, 2.05) is 24.3 Å². The number of ether oxygens (including phenoxy) is 7. The van der Waals surface area contributed by atoms with Gasteiger partial charge in [-0.15, -0.1) is 34.0 Å². The first-order chi connectivity index (χ1) is 68.2. The number of aromatic hydroxyl groups is 2. The number of halogens is 2. The molecule has 22 nitrogen and oxygen atoms in total. The third-order valence-corrected chi connectivity index (χ3v) is 38.3. The Balaban J connectivity index is 0.000000177. The van der Waals surface area contributed by atoms with E-state index in [2.05, 4.69) is 107 Å². The number of hydrogen-bond acceptors (Lipinski definition) is 23. The summed E-state index contributed by atoms with van der Waals surface area (Å²) in [6, 6.07) is 22.5. The second kappa shape index (κ2) is 49.6. The molecule has 0 spiro atoms. The number of phenols is 2. The molecule has 3 aromatic carbocycles. The Morgan fingerprint density at radius 3 is 1.37 bits per heavy atom. The lowest BCUT2D eigenvalue weighted by molar-refractivity contribution is -0.157.